The lowest BCUT2D eigenvalue weighted by Crippen LogP contribution is -2.19. The maximum Gasteiger partial charge on any atom is 0.306 e. The fourth-order valence-electron chi connectivity index (χ4n) is 4.01. The predicted octanol–water partition coefficient (Wildman–Crippen LogP) is 8.19. The third kappa shape index (κ3) is 9.47. The molecule has 2 nitrogen and oxygen atoms in total. The van der Waals surface area contributed by atoms with Crippen LogP contribution in [0.25, 0.3) is 0 Å². The molecule has 0 heterocycles. The van der Waals surface area contributed by atoms with Crippen molar-refractivity contribution in [1.82, 2.24) is 0 Å². The highest BCUT2D eigenvalue weighted by atomic mass is 16.4. The Morgan fingerprint density at radius 2 is 1.90 bits per heavy atom. The largest absolute Gasteiger partial charge is 0.481 e. The number of rotatable bonds is 11. The van der Waals surface area contributed by atoms with Crippen LogP contribution in [0.2, 0.25) is 0 Å². The minimum Gasteiger partial charge on any atom is -0.481 e. The van der Waals surface area contributed by atoms with Gasteiger partial charge in [0.25, 0.3) is 0 Å². The number of hydrogen-bond donors (Lipinski definition) is 1. The summed E-state index contributed by atoms with van der Waals surface area (Å²) in [5.41, 5.74) is 5.61. The molecule has 2 heteroatoms. The van der Waals surface area contributed by atoms with Gasteiger partial charge in [0, 0.05) is 0 Å². The monoisotopic (exact) mass is 398 g/mol. The Morgan fingerprint density at radius 3 is 2.52 bits per heavy atom. The average molecular weight is 399 g/mol. The van der Waals surface area contributed by atoms with Crippen molar-refractivity contribution in [2.45, 2.75) is 92.9 Å². The Balaban J connectivity index is 2.66. The van der Waals surface area contributed by atoms with Crippen molar-refractivity contribution in [3.8, 4) is 0 Å². The Kier molecular flexibility index (Phi) is 11.0. The zero-order valence-electron chi connectivity index (χ0n) is 19.6. The van der Waals surface area contributed by atoms with Crippen LogP contribution in [0.1, 0.15) is 92.9 Å². The number of aliphatic carboxylic acids is 1. The van der Waals surface area contributed by atoms with Gasteiger partial charge in [0.15, 0.2) is 0 Å². The van der Waals surface area contributed by atoms with Gasteiger partial charge in [-0.15, -0.1) is 0 Å². The van der Waals surface area contributed by atoms with Crippen molar-refractivity contribution in [3.63, 3.8) is 0 Å². The van der Waals surface area contributed by atoms with Gasteiger partial charge in [-0.3, -0.25) is 4.79 Å². The summed E-state index contributed by atoms with van der Waals surface area (Å²) < 4.78 is 0. The van der Waals surface area contributed by atoms with Crippen LogP contribution in [0, 0.1) is 11.3 Å². The van der Waals surface area contributed by atoms with Gasteiger partial charge >= 0.3 is 5.97 Å². The molecule has 29 heavy (non-hydrogen) atoms. The highest BCUT2D eigenvalue weighted by Gasteiger charge is 2.26. The zero-order valence-corrected chi connectivity index (χ0v) is 19.6. The molecule has 1 atom stereocenters. The van der Waals surface area contributed by atoms with E-state index in [0.29, 0.717) is 6.42 Å². The van der Waals surface area contributed by atoms with Crippen molar-refractivity contribution < 1.29 is 9.90 Å². The first-order valence-electron chi connectivity index (χ1n) is 11.3. The lowest BCUT2D eigenvalue weighted by molar-refractivity contribution is -0.141. The second-order valence-electron chi connectivity index (χ2n) is 9.25. The Hall–Kier alpha value is -1.83. The lowest BCUT2D eigenvalue weighted by atomic mass is 9.72. The zero-order chi connectivity index (χ0) is 21.9. The normalized spacial score (nSPS) is 19.4. The number of carboxylic acids is 1. The highest BCUT2D eigenvalue weighted by Crippen LogP contribution is 2.40. The van der Waals surface area contributed by atoms with E-state index in [1.807, 2.05) is 6.92 Å². The van der Waals surface area contributed by atoms with Crippen LogP contribution in [-0.4, -0.2) is 11.1 Å². The van der Waals surface area contributed by atoms with Crippen molar-refractivity contribution in [3.05, 3.63) is 58.7 Å². The maximum absolute atomic E-state index is 11.4. The summed E-state index contributed by atoms with van der Waals surface area (Å²) in [6, 6.07) is 0. The molecule has 1 N–H and O–H groups in total. The summed E-state index contributed by atoms with van der Waals surface area (Å²) in [7, 11) is 0. The molecule has 1 unspecified atom stereocenters. The van der Waals surface area contributed by atoms with Crippen LogP contribution < -0.4 is 0 Å². The molecule has 1 rings (SSSR count). The van der Waals surface area contributed by atoms with Crippen molar-refractivity contribution in [2.24, 2.45) is 11.3 Å². The van der Waals surface area contributed by atoms with E-state index < -0.39 is 5.97 Å². The third-order valence-electron chi connectivity index (χ3n) is 6.00. The molecule has 0 amide bonds. The summed E-state index contributed by atoms with van der Waals surface area (Å²) in [5, 5.41) is 9.39. The first-order valence-corrected chi connectivity index (χ1v) is 11.3. The highest BCUT2D eigenvalue weighted by molar-refractivity contribution is 5.70. The Labute approximate surface area is 179 Å². The predicted molar refractivity (Wildman–Crippen MR) is 126 cm³/mol. The molecule has 0 aromatic rings. The quantitative estimate of drug-likeness (QED) is 0.281. The van der Waals surface area contributed by atoms with E-state index >= 15 is 0 Å². The van der Waals surface area contributed by atoms with Crippen molar-refractivity contribution in [2.75, 3.05) is 0 Å². The fourth-order valence-corrected chi connectivity index (χ4v) is 4.01. The number of allylic oxidation sites excluding steroid dienone is 10. The van der Waals surface area contributed by atoms with Crippen molar-refractivity contribution >= 4 is 5.97 Å². The van der Waals surface area contributed by atoms with E-state index in [1.54, 1.807) is 0 Å². The van der Waals surface area contributed by atoms with Gasteiger partial charge in [-0.25, -0.2) is 0 Å². The first kappa shape index (κ1) is 25.2. The molecular formula is C27H42O2. The number of hydrogen-bond acceptors (Lipinski definition) is 1. The van der Waals surface area contributed by atoms with Crippen LogP contribution in [0.3, 0.4) is 0 Å². The van der Waals surface area contributed by atoms with Gasteiger partial charge < -0.3 is 5.11 Å². The molecule has 0 saturated heterocycles. The van der Waals surface area contributed by atoms with Gasteiger partial charge in [0.05, 0.1) is 5.92 Å². The van der Waals surface area contributed by atoms with Gasteiger partial charge in [0.1, 0.15) is 0 Å². The van der Waals surface area contributed by atoms with Gasteiger partial charge in [-0.05, 0) is 63.9 Å². The number of carboxylic acid groups (broad SMARTS) is 1. The van der Waals surface area contributed by atoms with Crippen LogP contribution in [0.15, 0.2) is 58.7 Å². The smallest absolute Gasteiger partial charge is 0.306 e. The van der Waals surface area contributed by atoms with E-state index in [9.17, 15) is 9.90 Å². The SMILES string of the molecule is CCCCCC(CC=C(C)C=CC=C(C)C=CC1=C(C)CCCC1(C)C)C(=O)O. The molecule has 0 spiro atoms. The minimum absolute atomic E-state index is 0.263. The van der Waals surface area contributed by atoms with Crippen molar-refractivity contribution in [1.29, 1.82) is 0 Å². The number of unbranched alkanes of at least 4 members (excludes halogenated alkanes) is 2. The molecule has 1 aliphatic rings. The molecule has 0 aromatic heterocycles. The molecule has 0 aromatic carbocycles. The number of carbonyl (C=O) groups is 1. The van der Waals surface area contributed by atoms with E-state index in [-0.39, 0.29) is 11.3 Å². The fraction of sp³-hybridized carbons (Fsp3) is 0.593. The van der Waals surface area contributed by atoms with E-state index in [4.69, 9.17) is 0 Å². The van der Waals surface area contributed by atoms with E-state index in [0.717, 1.165) is 31.3 Å². The van der Waals surface area contributed by atoms with Crippen LogP contribution in [0.5, 0.6) is 0 Å². The summed E-state index contributed by atoms with van der Waals surface area (Å²) in [6.45, 7) is 13.3. The van der Waals surface area contributed by atoms with E-state index in [2.05, 4.69) is 71.1 Å². The molecule has 0 radical (unpaired) electrons. The molecular weight excluding hydrogens is 356 g/mol. The molecule has 0 fully saturated rings. The maximum atomic E-state index is 11.4. The molecule has 0 aliphatic heterocycles. The summed E-state index contributed by atoms with van der Waals surface area (Å²) in [6.07, 6.45) is 21.2. The second kappa shape index (κ2) is 12.7. The van der Waals surface area contributed by atoms with Gasteiger partial charge in [0.2, 0.25) is 0 Å². The van der Waals surface area contributed by atoms with Crippen LogP contribution >= 0.6 is 0 Å². The van der Waals surface area contributed by atoms with Gasteiger partial charge in [-0.1, -0.05) is 93.2 Å². The van der Waals surface area contributed by atoms with E-state index in [1.165, 1.54) is 36.0 Å². The topological polar surface area (TPSA) is 37.3 Å². The molecule has 1 aliphatic carbocycles. The van der Waals surface area contributed by atoms with Gasteiger partial charge in [-0.2, -0.15) is 0 Å². The summed E-state index contributed by atoms with van der Waals surface area (Å²) in [4.78, 5) is 11.4. The molecule has 0 saturated carbocycles. The lowest BCUT2D eigenvalue weighted by Gasteiger charge is -2.32. The summed E-state index contributed by atoms with van der Waals surface area (Å²) in [5.74, 6) is -0.939. The molecule has 0 bridgehead atoms. The second-order valence-corrected chi connectivity index (χ2v) is 9.25. The Morgan fingerprint density at radius 1 is 1.17 bits per heavy atom. The molecule has 162 valence electrons. The van der Waals surface area contributed by atoms with Crippen LogP contribution in [0.4, 0.5) is 0 Å². The Bertz CT molecular complexity index is 683. The van der Waals surface area contributed by atoms with Crippen LogP contribution in [-0.2, 0) is 4.79 Å². The third-order valence-corrected chi connectivity index (χ3v) is 6.00. The summed E-state index contributed by atoms with van der Waals surface area (Å²) >= 11 is 0. The first-order chi connectivity index (χ1) is 13.7. The average Bonchev–Trinajstić information content (AvgIpc) is 2.63. The standard InChI is InChI=1S/C27H42O2/c1-7-8-9-15-24(26(28)29)18-16-21(2)12-10-13-22(3)17-19-25-23(4)14-11-20-27(25,5)6/h10,12-13,16-17,19,24H,7-9,11,14-15,18,20H2,1-6H3,(H,28,29). The minimum atomic E-state index is -0.676.